The van der Waals surface area contributed by atoms with Gasteiger partial charge in [-0.25, -0.2) is 0 Å². The van der Waals surface area contributed by atoms with Crippen molar-refractivity contribution in [2.75, 3.05) is 0 Å². The Hall–Kier alpha value is -0.980. The first-order chi connectivity index (χ1) is 23.2. The Kier molecular flexibility index (Phi) is 31.4. The fourth-order valence-corrected chi connectivity index (χ4v) is 7.64. The first-order valence-electron chi connectivity index (χ1n) is 22.0. The van der Waals surface area contributed by atoms with Crippen molar-refractivity contribution in [1.29, 1.82) is 0 Å². The molecule has 0 aliphatic heterocycles. The third-order valence-electron chi connectivity index (χ3n) is 10.9. The van der Waals surface area contributed by atoms with Crippen LogP contribution < -0.4 is 0 Å². The average molecular weight is 655 g/mol. The Morgan fingerprint density at radius 2 is 0.511 bits per heavy atom. The summed E-state index contributed by atoms with van der Waals surface area (Å²) < 4.78 is 0. The van der Waals surface area contributed by atoms with Gasteiger partial charge >= 0.3 is 0 Å². The van der Waals surface area contributed by atoms with Crippen LogP contribution >= 0.6 is 0 Å². The van der Waals surface area contributed by atoms with Gasteiger partial charge in [0.05, 0.1) is 0 Å². The summed E-state index contributed by atoms with van der Waals surface area (Å²) in [5.41, 5.74) is 5.69. The van der Waals surface area contributed by atoms with Gasteiger partial charge in [-0.1, -0.05) is 214 Å². The molecule has 0 heterocycles. The molecule has 0 saturated carbocycles. The van der Waals surface area contributed by atoms with E-state index >= 15 is 0 Å². The van der Waals surface area contributed by atoms with Crippen LogP contribution in [0.1, 0.15) is 255 Å². The molecule has 276 valence electrons. The van der Waals surface area contributed by atoms with Crippen molar-refractivity contribution < 1.29 is 5.11 Å². The van der Waals surface area contributed by atoms with Crippen molar-refractivity contribution in [2.45, 2.75) is 259 Å². The van der Waals surface area contributed by atoms with Crippen LogP contribution in [0, 0.1) is 0 Å². The van der Waals surface area contributed by atoms with Gasteiger partial charge in [-0.15, -0.1) is 0 Å². The van der Waals surface area contributed by atoms with Gasteiger partial charge in [-0.05, 0) is 73.6 Å². The van der Waals surface area contributed by atoms with E-state index in [2.05, 4.69) is 33.8 Å². The van der Waals surface area contributed by atoms with Gasteiger partial charge < -0.3 is 5.11 Å². The van der Waals surface area contributed by atoms with Crippen LogP contribution in [0.2, 0.25) is 0 Å². The Bertz CT molecular complexity index is 732. The number of phenols is 1. The van der Waals surface area contributed by atoms with Crippen molar-refractivity contribution in [3.63, 3.8) is 0 Å². The Balaban J connectivity index is 2.92. The summed E-state index contributed by atoms with van der Waals surface area (Å²) in [5, 5.41) is 12.0. The molecule has 0 aliphatic rings. The van der Waals surface area contributed by atoms with Gasteiger partial charge in [-0.2, -0.15) is 0 Å². The van der Waals surface area contributed by atoms with Gasteiger partial charge in [-0.3, -0.25) is 0 Å². The number of unbranched alkanes of at least 4 members (excludes halogenated alkanes) is 28. The molecule has 1 N–H and O–H groups in total. The smallest absolute Gasteiger partial charge is 0.122 e. The second kappa shape index (κ2) is 33.5. The number of hydrogen-bond acceptors (Lipinski definition) is 1. The standard InChI is InChI=1S/C46H86O/c1-5-9-13-17-21-25-29-33-37-42-41-43(38-34-30-26-22-18-14-10-6-2)45(40-36-32-28-24-20-16-12-8-4)46(47)44(42)39-35-31-27-23-19-15-11-7-3/h41,47H,5-40H2,1-4H3. The minimum atomic E-state index is 0.725. The minimum absolute atomic E-state index is 0.725. The highest BCUT2D eigenvalue weighted by Crippen LogP contribution is 2.35. The number of phenolic OH excluding ortho intramolecular Hbond substituents is 1. The number of aromatic hydroxyl groups is 1. The molecular formula is C46H86O. The van der Waals surface area contributed by atoms with E-state index in [4.69, 9.17) is 0 Å². The molecule has 0 atom stereocenters. The molecule has 0 unspecified atom stereocenters. The predicted octanol–water partition coefficient (Wildman–Crippen LogP) is 16.1. The lowest BCUT2D eigenvalue weighted by atomic mass is 9.87. The summed E-state index contributed by atoms with van der Waals surface area (Å²) in [6.45, 7) is 9.23. The van der Waals surface area contributed by atoms with Crippen LogP contribution in [0.25, 0.3) is 0 Å². The topological polar surface area (TPSA) is 20.2 Å². The minimum Gasteiger partial charge on any atom is -0.507 e. The first kappa shape index (κ1) is 44.0. The molecule has 0 aromatic heterocycles. The molecule has 1 nitrogen and oxygen atoms in total. The van der Waals surface area contributed by atoms with Crippen molar-refractivity contribution >= 4 is 0 Å². The highest BCUT2D eigenvalue weighted by molar-refractivity contribution is 5.51. The van der Waals surface area contributed by atoms with Crippen molar-refractivity contribution in [3.05, 3.63) is 28.3 Å². The van der Waals surface area contributed by atoms with Crippen LogP contribution in [0.15, 0.2) is 6.07 Å². The van der Waals surface area contributed by atoms with Crippen molar-refractivity contribution in [1.82, 2.24) is 0 Å². The van der Waals surface area contributed by atoms with Crippen LogP contribution in [0.3, 0.4) is 0 Å². The normalized spacial score (nSPS) is 11.6. The molecule has 1 aromatic rings. The monoisotopic (exact) mass is 655 g/mol. The van der Waals surface area contributed by atoms with E-state index in [1.807, 2.05) is 0 Å². The zero-order valence-electron chi connectivity index (χ0n) is 33.0. The highest BCUT2D eigenvalue weighted by Gasteiger charge is 2.17. The number of aryl methyl sites for hydroxylation is 2. The maximum Gasteiger partial charge on any atom is 0.122 e. The average Bonchev–Trinajstić information content (AvgIpc) is 3.07. The van der Waals surface area contributed by atoms with E-state index in [1.165, 1.54) is 228 Å². The molecular weight excluding hydrogens is 569 g/mol. The molecule has 1 heteroatoms. The Labute approximate surface area is 297 Å². The molecule has 1 aromatic carbocycles. The molecule has 0 radical (unpaired) electrons. The third kappa shape index (κ3) is 23.9. The summed E-state index contributed by atoms with van der Waals surface area (Å²) in [5.74, 6) is 0.725. The van der Waals surface area contributed by atoms with Gasteiger partial charge in [0.15, 0.2) is 0 Å². The summed E-state index contributed by atoms with van der Waals surface area (Å²) >= 11 is 0. The highest BCUT2D eigenvalue weighted by atomic mass is 16.3. The molecule has 0 amide bonds. The third-order valence-corrected chi connectivity index (χ3v) is 10.9. The lowest BCUT2D eigenvalue weighted by molar-refractivity contribution is 0.453. The molecule has 0 aliphatic carbocycles. The van der Waals surface area contributed by atoms with E-state index in [-0.39, 0.29) is 0 Å². The molecule has 1 rings (SSSR count). The van der Waals surface area contributed by atoms with Gasteiger partial charge in [0.25, 0.3) is 0 Å². The van der Waals surface area contributed by atoms with Crippen LogP contribution in [-0.4, -0.2) is 5.11 Å². The van der Waals surface area contributed by atoms with Gasteiger partial charge in [0, 0.05) is 0 Å². The molecule has 0 spiro atoms. The number of hydrogen-bond donors (Lipinski definition) is 1. The van der Waals surface area contributed by atoms with Crippen molar-refractivity contribution in [3.8, 4) is 5.75 Å². The van der Waals surface area contributed by atoms with E-state index in [0.717, 1.165) is 31.4 Å². The summed E-state index contributed by atoms with van der Waals surface area (Å²) in [4.78, 5) is 0. The zero-order chi connectivity index (χ0) is 34.0. The fourth-order valence-electron chi connectivity index (χ4n) is 7.64. The summed E-state index contributed by atoms with van der Waals surface area (Å²) in [6.07, 6.45) is 48.1. The summed E-state index contributed by atoms with van der Waals surface area (Å²) in [6, 6.07) is 2.61. The lowest BCUT2D eigenvalue weighted by Crippen LogP contribution is -2.05. The van der Waals surface area contributed by atoms with E-state index in [0.29, 0.717) is 0 Å². The van der Waals surface area contributed by atoms with E-state index < -0.39 is 0 Å². The SMILES string of the molecule is CCCCCCCCCCc1cc(CCCCCCCCCC)c(CCCCCCCCCC)c(O)c1CCCCCCCCCC. The predicted molar refractivity (Wildman–Crippen MR) is 213 cm³/mol. The first-order valence-corrected chi connectivity index (χ1v) is 22.0. The molecule has 0 saturated heterocycles. The quantitative estimate of drug-likeness (QED) is 0.0714. The second-order valence-corrected chi connectivity index (χ2v) is 15.4. The van der Waals surface area contributed by atoms with E-state index in [1.54, 1.807) is 0 Å². The van der Waals surface area contributed by atoms with Gasteiger partial charge in [0.1, 0.15) is 5.75 Å². The van der Waals surface area contributed by atoms with Crippen LogP contribution in [0.5, 0.6) is 5.75 Å². The summed E-state index contributed by atoms with van der Waals surface area (Å²) in [7, 11) is 0. The lowest BCUT2D eigenvalue weighted by Gasteiger charge is -2.20. The fraction of sp³-hybridized carbons (Fsp3) is 0.870. The molecule has 0 fully saturated rings. The van der Waals surface area contributed by atoms with Gasteiger partial charge in [0.2, 0.25) is 0 Å². The maximum atomic E-state index is 12.0. The maximum absolute atomic E-state index is 12.0. The van der Waals surface area contributed by atoms with Crippen LogP contribution in [0.4, 0.5) is 0 Å². The zero-order valence-corrected chi connectivity index (χ0v) is 33.0. The Morgan fingerprint density at radius 3 is 0.766 bits per heavy atom. The largest absolute Gasteiger partial charge is 0.507 e. The Morgan fingerprint density at radius 1 is 0.298 bits per heavy atom. The number of benzene rings is 1. The van der Waals surface area contributed by atoms with Crippen LogP contribution in [-0.2, 0) is 25.7 Å². The second-order valence-electron chi connectivity index (χ2n) is 15.4. The molecule has 0 bridgehead atoms. The number of rotatable bonds is 36. The van der Waals surface area contributed by atoms with E-state index in [9.17, 15) is 5.11 Å². The molecule has 47 heavy (non-hydrogen) atoms. The van der Waals surface area contributed by atoms with Crippen molar-refractivity contribution in [2.24, 2.45) is 0 Å².